The van der Waals surface area contributed by atoms with Crippen LogP contribution in [0.5, 0.6) is 17.2 Å². The molecule has 0 aliphatic heterocycles. The Kier molecular flexibility index (Phi) is 8.57. The lowest BCUT2D eigenvalue weighted by molar-refractivity contribution is -0.128. The van der Waals surface area contributed by atoms with E-state index in [4.69, 9.17) is 14.2 Å². The molecule has 3 aromatic carbocycles. The van der Waals surface area contributed by atoms with Gasteiger partial charge in [-0.25, -0.2) is 4.68 Å². The molecule has 1 N–H and O–H groups in total. The molecule has 4 aromatic rings. The Morgan fingerprint density at radius 3 is 2.25 bits per heavy atom. The summed E-state index contributed by atoms with van der Waals surface area (Å²) in [4.78, 5) is 29.9. The summed E-state index contributed by atoms with van der Waals surface area (Å²) in [5, 5.41) is 11.5. The largest absolute Gasteiger partial charge is 0.497 e. The monoisotopic (exact) mass is 545 g/mol. The van der Waals surface area contributed by atoms with Crippen molar-refractivity contribution in [2.24, 2.45) is 0 Å². The topological polar surface area (TPSA) is 108 Å². The van der Waals surface area contributed by atoms with Crippen LogP contribution in [0.25, 0.3) is 11.0 Å². The molecule has 1 atom stereocenters. The van der Waals surface area contributed by atoms with Gasteiger partial charge in [-0.05, 0) is 50.1 Å². The van der Waals surface area contributed by atoms with E-state index in [-0.39, 0.29) is 18.4 Å². The number of hydrogen-bond donors (Lipinski definition) is 1. The molecular weight excluding hydrogens is 510 g/mol. The Bertz CT molecular complexity index is 1480. The summed E-state index contributed by atoms with van der Waals surface area (Å²) in [6.45, 7) is 5.71. The second-order valence-corrected chi connectivity index (χ2v) is 9.98. The first kappa shape index (κ1) is 28.4. The van der Waals surface area contributed by atoms with Crippen LogP contribution in [0.4, 0.5) is 5.69 Å². The van der Waals surface area contributed by atoms with E-state index in [1.807, 2.05) is 45.0 Å². The molecule has 0 fully saturated rings. The quantitative estimate of drug-likeness (QED) is 0.295. The highest BCUT2D eigenvalue weighted by atomic mass is 16.5. The van der Waals surface area contributed by atoms with Crippen molar-refractivity contribution in [3.8, 4) is 17.2 Å². The molecule has 40 heavy (non-hydrogen) atoms. The first-order valence-corrected chi connectivity index (χ1v) is 13.0. The van der Waals surface area contributed by atoms with Gasteiger partial charge in [0.1, 0.15) is 35.4 Å². The van der Waals surface area contributed by atoms with Gasteiger partial charge in [0.05, 0.1) is 32.5 Å². The van der Waals surface area contributed by atoms with Gasteiger partial charge in [-0.3, -0.25) is 14.5 Å². The van der Waals surface area contributed by atoms with E-state index in [1.165, 1.54) is 23.8 Å². The van der Waals surface area contributed by atoms with Crippen LogP contribution in [0, 0.1) is 0 Å². The highest BCUT2D eigenvalue weighted by Crippen LogP contribution is 2.35. The van der Waals surface area contributed by atoms with Crippen LogP contribution in [0.15, 0.2) is 66.7 Å². The zero-order valence-corrected chi connectivity index (χ0v) is 23.7. The number of para-hydroxylation sites is 1. The number of anilines is 1. The maximum Gasteiger partial charge on any atom is 0.249 e. The fourth-order valence-electron chi connectivity index (χ4n) is 4.33. The van der Waals surface area contributed by atoms with Gasteiger partial charge in [0, 0.05) is 23.7 Å². The van der Waals surface area contributed by atoms with Gasteiger partial charge < -0.3 is 19.5 Å². The first-order chi connectivity index (χ1) is 19.2. The van der Waals surface area contributed by atoms with E-state index in [1.54, 1.807) is 49.6 Å². The predicted molar refractivity (Wildman–Crippen MR) is 153 cm³/mol. The predicted octanol–water partition coefficient (Wildman–Crippen LogP) is 4.54. The van der Waals surface area contributed by atoms with Crippen LogP contribution in [0.1, 0.15) is 38.8 Å². The molecule has 0 saturated carbocycles. The Labute approximate surface area is 233 Å². The fraction of sp³-hybridized carbons (Fsp3) is 0.333. The molecule has 210 valence electrons. The summed E-state index contributed by atoms with van der Waals surface area (Å²) >= 11 is 0. The standard InChI is InChI=1S/C30H35N5O5/c1-7-30(2,3)31-29(37)28(20-11-10-12-22(15-20)38-4)35(21-16-23(39-5)18-24(17-21)40-6)27(36)19-34-26-14-9-8-13-25(26)32-33-34/h8-18,28H,7,19H2,1-6H3,(H,31,37)/t28-/m0/s1. The molecule has 10 nitrogen and oxygen atoms in total. The lowest BCUT2D eigenvalue weighted by Gasteiger charge is -2.35. The number of nitrogens with zero attached hydrogens (tertiary/aromatic N) is 4. The molecular formula is C30H35N5O5. The normalized spacial score (nSPS) is 12.1. The van der Waals surface area contributed by atoms with E-state index in [0.29, 0.717) is 46.0 Å². The summed E-state index contributed by atoms with van der Waals surface area (Å²) in [5.74, 6) is 0.763. The van der Waals surface area contributed by atoms with Gasteiger partial charge in [-0.1, -0.05) is 36.4 Å². The number of amides is 2. The number of carbonyl (C=O) groups excluding carboxylic acids is 2. The number of benzene rings is 3. The summed E-state index contributed by atoms with van der Waals surface area (Å²) in [6, 6.07) is 18.6. The molecule has 0 spiro atoms. The average molecular weight is 546 g/mol. The Morgan fingerprint density at radius 2 is 1.60 bits per heavy atom. The number of fused-ring (bicyclic) bond motifs is 1. The molecule has 10 heteroatoms. The van der Waals surface area contributed by atoms with Crippen molar-refractivity contribution in [2.75, 3.05) is 26.2 Å². The van der Waals surface area contributed by atoms with Gasteiger partial charge >= 0.3 is 0 Å². The van der Waals surface area contributed by atoms with E-state index in [0.717, 1.165) is 0 Å². The first-order valence-electron chi connectivity index (χ1n) is 13.0. The van der Waals surface area contributed by atoms with E-state index >= 15 is 0 Å². The van der Waals surface area contributed by atoms with Gasteiger partial charge in [-0.2, -0.15) is 0 Å². The second-order valence-electron chi connectivity index (χ2n) is 9.98. The summed E-state index contributed by atoms with van der Waals surface area (Å²) in [7, 11) is 4.62. The zero-order valence-electron chi connectivity index (χ0n) is 23.7. The summed E-state index contributed by atoms with van der Waals surface area (Å²) < 4.78 is 18.0. The van der Waals surface area contributed by atoms with Crippen LogP contribution in [-0.2, 0) is 16.1 Å². The van der Waals surface area contributed by atoms with Crippen molar-refractivity contribution in [3.05, 3.63) is 72.3 Å². The Hall–Kier alpha value is -4.60. The van der Waals surface area contributed by atoms with Crippen molar-refractivity contribution in [1.29, 1.82) is 0 Å². The zero-order chi connectivity index (χ0) is 28.9. The smallest absolute Gasteiger partial charge is 0.249 e. The van der Waals surface area contributed by atoms with Crippen LogP contribution >= 0.6 is 0 Å². The average Bonchev–Trinajstić information content (AvgIpc) is 3.37. The summed E-state index contributed by atoms with van der Waals surface area (Å²) in [5.41, 5.74) is 1.84. The number of methoxy groups -OCH3 is 3. The molecule has 2 amide bonds. The van der Waals surface area contributed by atoms with Crippen molar-refractivity contribution in [2.45, 2.75) is 45.3 Å². The van der Waals surface area contributed by atoms with Crippen molar-refractivity contribution < 1.29 is 23.8 Å². The highest BCUT2D eigenvalue weighted by Gasteiger charge is 2.36. The van der Waals surface area contributed by atoms with Crippen molar-refractivity contribution in [3.63, 3.8) is 0 Å². The van der Waals surface area contributed by atoms with Crippen molar-refractivity contribution in [1.82, 2.24) is 20.3 Å². The lowest BCUT2D eigenvalue weighted by Crippen LogP contribution is -2.51. The minimum atomic E-state index is -1.06. The Morgan fingerprint density at radius 1 is 0.925 bits per heavy atom. The van der Waals surface area contributed by atoms with Crippen LogP contribution < -0.4 is 24.4 Å². The van der Waals surface area contributed by atoms with E-state index < -0.39 is 11.6 Å². The SMILES string of the molecule is CCC(C)(C)NC(=O)[C@H](c1cccc(OC)c1)N(C(=O)Cn1nnc2ccccc21)c1cc(OC)cc(OC)c1. The number of hydrogen-bond acceptors (Lipinski definition) is 7. The molecule has 0 aliphatic rings. The minimum Gasteiger partial charge on any atom is -0.497 e. The van der Waals surface area contributed by atoms with Gasteiger partial charge in [0.15, 0.2) is 0 Å². The molecule has 0 bridgehead atoms. The maximum absolute atomic E-state index is 14.3. The van der Waals surface area contributed by atoms with E-state index in [2.05, 4.69) is 15.6 Å². The number of ether oxygens (including phenoxy) is 3. The molecule has 1 aromatic heterocycles. The molecule has 0 aliphatic carbocycles. The third-order valence-electron chi connectivity index (χ3n) is 6.85. The third-order valence-corrected chi connectivity index (χ3v) is 6.85. The van der Waals surface area contributed by atoms with Gasteiger partial charge in [0.25, 0.3) is 0 Å². The number of nitrogens with one attached hydrogen (secondary N) is 1. The van der Waals surface area contributed by atoms with Crippen molar-refractivity contribution >= 4 is 28.5 Å². The van der Waals surface area contributed by atoms with Gasteiger partial charge in [-0.15, -0.1) is 5.10 Å². The van der Waals surface area contributed by atoms with Gasteiger partial charge in [0.2, 0.25) is 11.8 Å². The van der Waals surface area contributed by atoms with Crippen LogP contribution in [0.3, 0.4) is 0 Å². The fourth-order valence-corrected chi connectivity index (χ4v) is 4.33. The highest BCUT2D eigenvalue weighted by molar-refractivity contribution is 6.02. The minimum absolute atomic E-state index is 0.162. The maximum atomic E-state index is 14.3. The second kappa shape index (κ2) is 12.1. The summed E-state index contributed by atoms with van der Waals surface area (Å²) in [6.07, 6.45) is 0.690. The number of carbonyl (C=O) groups is 2. The Balaban J connectivity index is 1.90. The van der Waals surface area contributed by atoms with E-state index in [9.17, 15) is 9.59 Å². The molecule has 4 rings (SSSR count). The number of rotatable bonds is 11. The number of aromatic nitrogens is 3. The molecule has 0 unspecified atom stereocenters. The molecule has 0 saturated heterocycles. The van der Waals surface area contributed by atoms with Crippen LogP contribution in [0.2, 0.25) is 0 Å². The molecule has 1 heterocycles. The molecule has 0 radical (unpaired) electrons. The third kappa shape index (κ3) is 6.17. The van der Waals surface area contributed by atoms with Crippen LogP contribution in [-0.4, -0.2) is 53.7 Å². The lowest BCUT2D eigenvalue weighted by atomic mass is 9.98.